The maximum absolute atomic E-state index is 6.25. The minimum atomic E-state index is -0.385. The average Bonchev–Trinajstić information content (AvgIpc) is 2.47. The van der Waals surface area contributed by atoms with Gasteiger partial charge >= 0.3 is 7.12 Å². The van der Waals surface area contributed by atoms with Crippen molar-refractivity contribution in [2.75, 3.05) is 0 Å². The summed E-state index contributed by atoms with van der Waals surface area (Å²) < 4.78 is 12.0. The third kappa shape index (κ3) is 2.68. The van der Waals surface area contributed by atoms with Crippen LogP contribution in [0.4, 0.5) is 0 Å². The molecule has 1 fully saturated rings. The van der Waals surface area contributed by atoms with Crippen molar-refractivity contribution in [3.05, 3.63) is 28.8 Å². The van der Waals surface area contributed by atoms with Crippen LogP contribution in [0.25, 0.3) is 0 Å². The predicted molar refractivity (Wildman–Crippen MR) is 79.8 cm³/mol. The number of benzene rings is 1. The monoisotopic (exact) mass is 281 g/mol. The highest BCUT2D eigenvalue weighted by atomic mass is 35.5. The summed E-state index contributed by atoms with van der Waals surface area (Å²) in [7, 11) is -0.385. The minimum Gasteiger partial charge on any atom is -0.399 e. The molecule has 5 heteroatoms. The van der Waals surface area contributed by atoms with E-state index in [1.165, 1.54) is 0 Å². The molecule has 1 aliphatic heterocycles. The molecule has 1 aliphatic rings. The Morgan fingerprint density at radius 2 is 1.68 bits per heavy atom. The van der Waals surface area contributed by atoms with Crippen LogP contribution >= 0.6 is 11.6 Å². The average molecular weight is 282 g/mol. The summed E-state index contributed by atoms with van der Waals surface area (Å²) in [4.78, 5) is 0. The molecule has 0 radical (unpaired) electrons. The van der Waals surface area contributed by atoms with Crippen molar-refractivity contribution < 1.29 is 9.31 Å². The Kier molecular flexibility index (Phi) is 3.73. The van der Waals surface area contributed by atoms with Crippen molar-refractivity contribution in [1.29, 1.82) is 0 Å². The molecule has 3 nitrogen and oxygen atoms in total. The molecule has 1 aromatic rings. The van der Waals surface area contributed by atoms with Gasteiger partial charge in [0, 0.05) is 11.1 Å². The second-order valence-corrected chi connectivity index (χ2v) is 6.57. The van der Waals surface area contributed by atoms with Crippen molar-refractivity contribution in [2.45, 2.75) is 51.9 Å². The zero-order valence-corrected chi connectivity index (χ0v) is 12.9. The summed E-state index contributed by atoms with van der Waals surface area (Å²) in [6, 6.07) is 5.70. The standard InChI is InChI=1S/C14H21BClNO2/c1-9(17)11-7-6-10(8-12(11)16)15-18-13(2,3)14(4,5)19-15/h6-9H,17H2,1-5H3. The second-order valence-electron chi connectivity index (χ2n) is 6.16. The Balaban J connectivity index is 2.28. The Bertz CT molecular complexity index is 472. The van der Waals surface area contributed by atoms with E-state index in [9.17, 15) is 0 Å². The van der Waals surface area contributed by atoms with E-state index in [4.69, 9.17) is 26.6 Å². The lowest BCUT2D eigenvalue weighted by Crippen LogP contribution is -2.41. The van der Waals surface area contributed by atoms with Gasteiger partial charge in [0.05, 0.1) is 11.2 Å². The zero-order chi connectivity index (χ0) is 14.4. The van der Waals surface area contributed by atoms with E-state index in [2.05, 4.69) is 0 Å². The van der Waals surface area contributed by atoms with Gasteiger partial charge in [-0.05, 0) is 51.7 Å². The molecule has 0 saturated carbocycles. The van der Waals surface area contributed by atoms with Crippen molar-refractivity contribution >= 4 is 24.2 Å². The fourth-order valence-electron chi connectivity index (χ4n) is 2.04. The van der Waals surface area contributed by atoms with Crippen molar-refractivity contribution in [3.63, 3.8) is 0 Å². The SMILES string of the molecule is CC(N)c1ccc(B2OC(C)(C)C(C)(C)O2)cc1Cl. The highest BCUT2D eigenvalue weighted by Gasteiger charge is 2.51. The second kappa shape index (κ2) is 4.78. The van der Waals surface area contributed by atoms with Crippen LogP contribution in [0.3, 0.4) is 0 Å². The summed E-state index contributed by atoms with van der Waals surface area (Å²) in [6.45, 7) is 10.0. The van der Waals surface area contributed by atoms with Gasteiger partial charge in [0.25, 0.3) is 0 Å². The molecule has 0 aliphatic carbocycles. The van der Waals surface area contributed by atoms with E-state index in [0.717, 1.165) is 11.0 Å². The molecule has 2 rings (SSSR count). The van der Waals surface area contributed by atoms with E-state index >= 15 is 0 Å². The Hall–Kier alpha value is -0.545. The topological polar surface area (TPSA) is 44.5 Å². The van der Waals surface area contributed by atoms with Gasteiger partial charge in [-0.3, -0.25) is 0 Å². The van der Waals surface area contributed by atoms with Gasteiger partial charge in [-0.1, -0.05) is 23.7 Å². The van der Waals surface area contributed by atoms with E-state index in [0.29, 0.717) is 5.02 Å². The molecular weight excluding hydrogens is 260 g/mol. The molecule has 1 saturated heterocycles. The van der Waals surface area contributed by atoms with Crippen LogP contribution in [0.5, 0.6) is 0 Å². The Labute approximate surface area is 120 Å². The first-order chi connectivity index (χ1) is 8.64. The number of halogens is 1. The molecule has 104 valence electrons. The molecule has 0 bridgehead atoms. The van der Waals surface area contributed by atoms with Gasteiger partial charge < -0.3 is 15.0 Å². The van der Waals surface area contributed by atoms with Gasteiger partial charge in [0.1, 0.15) is 0 Å². The molecular formula is C14H21BClNO2. The maximum Gasteiger partial charge on any atom is 0.494 e. The largest absolute Gasteiger partial charge is 0.494 e. The summed E-state index contributed by atoms with van der Waals surface area (Å²) in [5, 5.41) is 0.655. The van der Waals surface area contributed by atoms with Crippen LogP contribution in [-0.4, -0.2) is 18.3 Å². The minimum absolute atomic E-state index is 0.0835. The fourth-order valence-corrected chi connectivity index (χ4v) is 2.40. The fraction of sp³-hybridized carbons (Fsp3) is 0.571. The van der Waals surface area contributed by atoms with E-state index < -0.39 is 0 Å². The lowest BCUT2D eigenvalue weighted by Gasteiger charge is -2.32. The smallest absolute Gasteiger partial charge is 0.399 e. The van der Waals surface area contributed by atoms with Gasteiger partial charge in [-0.2, -0.15) is 0 Å². The van der Waals surface area contributed by atoms with E-state index in [-0.39, 0.29) is 24.4 Å². The number of hydrogen-bond donors (Lipinski definition) is 1. The van der Waals surface area contributed by atoms with Crippen LogP contribution < -0.4 is 11.2 Å². The van der Waals surface area contributed by atoms with E-state index in [1.54, 1.807) is 0 Å². The predicted octanol–water partition coefficient (Wildman–Crippen LogP) is 2.66. The van der Waals surface area contributed by atoms with Crippen LogP contribution in [0, 0.1) is 0 Å². The van der Waals surface area contributed by atoms with Gasteiger partial charge in [0.15, 0.2) is 0 Å². The van der Waals surface area contributed by atoms with Crippen molar-refractivity contribution in [3.8, 4) is 0 Å². The highest BCUT2D eigenvalue weighted by molar-refractivity contribution is 6.62. The van der Waals surface area contributed by atoms with Gasteiger partial charge in [0.2, 0.25) is 0 Å². The van der Waals surface area contributed by atoms with Gasteiger partial charge in [-0.25, -0.2) is 0 Å². The molecule has 0 aromatic heterocycles. The first-order valence-corrected chi connectivity index (χ1v) is 6.92. The summed E-state index contributed by atoms with van der Waals surface area (Å²) in [5.41, 5.74) is 7.03. The lowest BCUT2D eigenvalue weighted by molar-refractivity contribution is 0.00578. The quantitative estimate of drug-likeness (QED) is 0.848. The van der Waals surface area contributed by atoms with Gasteiger partial charge in [-0.15, -0.1) is 0 Å². The lowest BCUT2D eigenvalue weighted by atomic mass is 9.78. The third-order valence-corrected chi connectivity index (χ3v) is 4.37. The highest BCUT2D eigenvalue weighted by Crippen LogP contribution is 2.36. The Morgan fingerprint density at radius 3 is 2.11 bits per heavy atom. The molecule has 1 heterocycles. The van der Waals surface area contributed by atoms with Crippen LogP contribution in [0.2, 0.25) is 5.02 Å². The maximum atomic E-state index is 6.25. The molecule has 1 aromatic carbocycles. The summed E-state index contributed by atoms with van der Waals surface area (Å²) in [5.74, 6) is 0. The number of rotatable bonds is 2. The molecule has 0 amide bonds. The van der Waals surface area contributed by atoms with Crippen LogP contribution in [-0.2, 0) is 9.31 Å². The molecule has 2 N–H and O–H groups in total. The summed E-state index contributed by atoms with van der Waals surface area (Å²) in [6.07, 6.45) is 0. The number of hydrogen-bond acceptors (Lipinski definition) is 3. The van der Waals surface area contributed by atoms with Crippen LogP contribution in [0.15, 0.2) is 18.2 Å². The molecule has 19 heavy (non-hydrogen) atoms. The number of nitrogens with two attached hydrogens (primary N) is 1. The molecule has 1 unspecified atom stereocenters. The zero-order valence-electron chi connectivity index (χ0n) is 12.2. The molecule has 0 spiro atoms. The van der Waals surface area contributed by atoms with Crippen molar-refractivity contribution in [2.24, 2.45) is 5.73 Å². The summed E-state index contributed by atoms with van der Waals surface area (Å²) >= 11 is 6.25. The van der Waals surface area contributed by atoms with Crippen molar-refractivity contribution in [1.82, 2.24) is 0 Å². The normalized spacial score (nSPS) is 22.6. The van der Waals surface area contributed by atoms with E-state index in [1.807, 2.05) is 52.8 Å². The first kappa shape index (κ1) is 14.9. The third-order valence-electron chi connectivity index (χ3n) is 4.04. The Morgan fingerprint density at radius 1 is 1.16 bits per heavy atom. The molecule has 1 atom stereocenters. The van der Waals surface area contributed by atoms with Crippen LogP contribution in [0.1, 0.15) is 46.2 Å². The first-order valence-electron chi connectivity index (χ1n) is 6.54.